The molecule has 0 unspecified atom stereocenters. The normalized spacial score (nSPS) is 25.9. The Morgan fingerprint density at radius 1 is 0.411 bits per heavy atom. The van der Waals surface area contributed by atoms with Crippen molar-refractivity contribution in [2.75, 3.05) is 39.3 Å². The second kappa shape index (κ2) is 36.0. The van der Waals surface area contributed by atoms with Crippen molar-refractivity contribution in [2.45, 2.75) is 193 Å². The highest BCUT2D eigenvalue weighted by atomic mass is 16.2. The Morgan fingerprint density at radius 2 is 0.733 bits per heavy atom. The molecule has 0 spiro atoms. The standard InChI is InChI=1S/C64H98N14O12/c1-37(2)31-45-57(83)73-47(33-41-19-11-9-12-20-41)63(89)77-29-17-25-49(77)59(85)67-36-52(80)76-54(40(7)8)62(88)70-44(24-16-28-66)56(82)72-46(32-38(3)4)58(84)74-48(34-42-21-13-10-14-22-42)64(90)78-30-18-26-50(78)60(86)68-35-51(79)75-53(39(5)6)61(87)69-43(23-15-27-65)55(81)71-45/h9-14,19-22,37-40,43-50,53-54H,15-18,23-36,65-66H2,1-8H3,(H,67,85)(H,68,86)(H,69,87)(H,70,88)(H,71,81)(H,72,82)(H,73,83)(H,74,84)(H,75,79)(H,76,80)/t43-,44-,45-,46-,47+,48+,49-,50-,53-,54-/m0/s1. The lowest BCUT2D eigenvalue weighted by molar-refractivity contribution is -0.142. The fourth-order valence-corrected chi connectivity index (χ4v) is 11.4. The second-order valence-corrected chi connectivity index (χ2v) is 25.3. The SMILES string of the molecule is CC(C)C[C@@H]1NC(=O)[C@H](CCCN)NC(=O)[C@H](C(C)C)NC(=O)CNC(=O)[C@@H]2CCCN2C(=O)[C@@H](Cc2ccccc2)NC(=O)[C@H](CC(C)C)NC(=O)[C@H](CCCN)NC(=O)[C@H](C(C)C)NC(=O)CNC(=O)[C@@H]2CCCN2C(=O)[C@@H](Cc2ccccc2)NC1=O. The fraction of sp³-hybridized carbons (Fsp3) is 0.625. The molecule has 26 nitrogen and oxygen atoms in total. The van der Waals surface area contributed by atoms with Gasteiger partial charge in [-0.05, 0) is 112 Å². The molecule has 0 bridgehead atoms. The van der Waals surface area contributed by atoms with E-state index < -0.39 is 156 Å². The van der Waals surface area contributed by atoms with Gasteiger partial charge in [0.1, 0.15) is 60.4 Å². The van der Waals surface area contributed by atoms with Gasteiger partial charge in [-0.15, -0.1) is 0 Å². The van der Waals surface area contributed by atoms with E-state index >= 15 is 0 Å². The maximum absolute atomic E-state index is 14.8. The first kappa shape index (κ1) is 72.7. The monoisotopic (exact) mass is 1250 g/mol. The Hall–Kier alpha value is -8.00. The summed E-state index contributed by atoms with van der Waals surface area (Å²) in [4.78, 5) is 174. The first-order valence-corrected chi connectivity index (χ1v) is 31.9. The van der Waals surface area contributed by atoms with Crippen LogP contribution >= 0.6 is 0 Å². The molecule has 12 amide bonds. The number of nitrogens with one attached hydrogen (secondary N) is 10. The molecule has 2 aromatic rings. The van der Waals surface area contributed by atoms with Crippen molar-refractivity contribution < 1.29 is 57.5 Å². The Bertz CT molecular complexity index is 2600. The number of hydrogen-bond donors (Lipinski definition) is 12. The van der Waals surface area contributed by atoms with E-state index in [1.165, 1.54) is 9.80 Å². The lowest BCUT2D eigenvalue weighted by Gasteiger charge is -2.31. The first-order valence-electron chi connectivity index (χ1n) is 31.9. The number of rotatable bonds is 16. The molecular formula is C64H98N14O12. The first-order chi connectivity index (χ1) is 42.8. The summed E-state index contributed by atoms with van der Waals surface area (Å²) in [7, 11) is 0. The molecule has 3 heterocycles. The van der Waals surface area contributed by atoms with Crippen LogP contribution in [0.1, 0.15) is 131 Å². The summed E-state index contributed by atoms with van der Waals surface area (Å²) in [6, 6.07) is 5.75. The summed E-state index contributed by atoms with van der Waals surface area (Å²) in [5, 5.41) is 27.4. The fourth-order valence-electron chi connectivity index (χ4n) is 11.4. The minimum absolute atomic E-state index is 0.00224. The van der Waals surface area contributed by atoms with Gasteiger partial charge in [0.05, 0.1) is 13.1 Å². The van der Waals surface area contributed by atoms with E-state index in [1.54, 1.807) is 88.4 Å². The lowest BCUT2D eigenvalue weighted by atomic mass is 9.99. The third-order valence-corrected chi connectivity index (χ3v) is 16.2. The molecule has 0 saturated carbocycles. The summed E-state index contributed by atoms with van der Waals surface area (Å²) < 4.78 is 0. The Labute approximate surface area is 528 Å². The average molecular weight is 1260 g/mol. The van der Waals surface area contributed by atoms with Gasteiger partial charge in [-0.3, -0.25) is 57.5 Å². The largest absolute Gasteiger partial charge is 0.345 e. The van der Waals surface area contributed by atoms with Gasteiger partial charge in [-0.1, -0.05) is 116 Å². The van der Waals surface area contributed by atoms with Crippen molar-refractivity contribution in [3.05, 3.63) is 71.8 Å². The molecule has 3 fully saturated rings. The number of amides is 12. The summed E-state index contributed by atoms with van der Waals surface area (Å²) >= 11 is 0. The molecule has 3 aliphatic rings. The van der Waals surface area contributed by atoms with E-state index in [2.05, 4.69) is 53.2 Å². The highest BCUT2D eigenvalue weighted by molar-refractivity contribution is 6.00. The molecule has 90 heavy (non-hydrogen) atoms. The second-order valence-electron chi connectivity index (χ2n) is 25.3. The van der Waals surface area contributed by atoms with Gasteiger partial charge < -0.3 is 74.4 Å². The van der Waals surface area contributed by atoms with Gasteiger partial charge in [-0.2, -0.15) is 0 Å². The van der Waals surface area contributed by atoms with Crippen LogP contribution in [0.3, 0.4) is 0 Å². The van der Waals surface area contributed by atoms with Crippen LogP contribution in [0.25, 0.3) is 0 Å². The average Bonchev–Trinajstić information content (AvgIpc) is 1.85. The van der Waals surface area contributed by atoms with E-state index in [4.69, 9.17) is 11.5 Å². The van der Waals surface area contributed by atoms with Crippen LogP contribution < -0.4 is 64.6 Å². The Morgan fingerprint density at radius 3 is 1.06 bits per heavy atom. The van der Waals surface area contributed by atoms with Crippen molar-refractivity contribution in [3.63, 3.8) is 0 Å². The van der Waals surface area contributed by atoms with Crippen molar-refractivity contribution in [2.24, 2.45) is 35.1 Å². The molecule has 3 saturated heterocycles. The number of carbonyl (C=O) groups excluding carboxylic acids is 12. The van der Waals surface area contributed by atoms with Crippen LogP contribution in [0.15, 0.2) is 60.7 Å². The van der Waals surface area contributed by atoms with E-state index in [0.29, 0.717) is 24.0 Å². The molecule has 10 atom stereocenters. The maximum atomic E-state index is 14.8. The van der Waals surface area contributed by atoms with Crippen LogP contribution in [0.5, 0.6) is 0 Å². The van der Waals surface area contributed by atoms with Crippen LogP contribution in [-0.4, -0.2) is 180 Å². The quantitative estimate of drug-likeness (QED) is 0.101. The van der Waals surface area contributed by atoms with Crippen LogP contribution in [0, 0.1) is 23.7 Å². The van der Waals surface area contributed by atoms with Gasteiger partial charge >= 0.3 is 0 Å². The molecule has 3 aliphatic heterocycles. The van der Waals surface area contributed by atoms with E-state index in [0.717, 1.165) is 0 Å². The van der Waals surface area contributed by atoms with Crippen molar-refractivity contribution in [1.82, 2.24) is 63.0 Å². The lowest BCUT2D eigenvalue weighted by Crippen LogP contribution is -2.61. The molecule has 2 aromatic carbocycles. The van der Waals surface area contributed by atoms with Gasteiger partial charge in [0, 0.05) is 25.9 Å². The Balaban J connectivity index is 1.51. The highest BCUT2D eigenvalue weighted by Gasteiger charge is 2.42. The van der Waals surface area contributed by atoms with Crippen molar-refractivity contribution in [1.29, 1.82) is 0 Å². The third-order valence-electron chi connectivity index (χ3n) is 16.2. The van der Waals surface area contributed by atoms with Gasteiger partial charge in [0.2, 0.25) is 70.9 Å². The highest BCUT2D eigenvalue weighted by Crippen LogP contribution is 2.23. The zero-order chi connectivity index (χ0) is 66.2. The number of benzene rings is 2. The number of hydrogen-bond acceptors (Lipinski definition) is 14. The van der Waals surface area contributed by atoms with Gasteiger partial charge in [0.25, 0.3) is 0 Å². The van der Waals surface area contributed by atoms with E-state index in [-0.39, 0.29) is 102 Å². The van der Waals surface area contributed by atoms with Crippen molar-refractivity contribution >= 4 is 70.9 Å². The molecule has 14 N–H and O–H groups in total. The van der Waals surface area contributed by atoms with Gasteiger partial charge in [-0.25, -0.2) is 0 Å². The molecular weight excluding hydrogens is 1160 g/mol. The Kier molecular flexibility index (Phi) is 29.1. The number of fused-ring (bicyclic) bond motifs is 2. The molecule has 0 aromatic heterocycles. The van der Waals surface area contributed by atoms with Crippen molar-refractivity contribution in [3.8, 4) is 0 Å². The molecule has 26 heteroatoms. The summed E-state index contributed by atoms with van der Waals surface area (Å²) in [5.74, 6) is -9.80. The zero-order valence-corrected chi connectivity index (χ0v) is 53.5. The summed E-state index contributed by atoms with van der Waals surface area (Å²) in [5.41, 5.74) is 13.1. The number of carbonyl (C=O) groups is 12. The maximum Gasteiger partial charge on any atom is 0.246 e. The minimum atomic E-state index is -1.25. The van der Waals surface area contributed by atoms with Gasteiger partial charge in [0.15, 0.2) is 0 Å². The molecule has 0 aliphatic carbocycles. The van der Waals surface area contributed by atoms with E-state index in [9.17, 15) is 57.5 Å². The zero-order valence-electron chi connectivity index (χ0n) is 53.5. The van der Waals surface area contributed by atoms with Crippen LogP contribution in [0.2, 0.25) is 0 Å². The van der Waals surface area contributed by atoms with Crippen LogP contribution in [0.4, 0.5) is 0 Å². The number of nitrogens with two attached hydrogens (primary N) is 2. The van der Waals surface area contributed by atoms with Crippen LogP contribution in [-0.2, 0) is 70.4 Å². The molecule has 496 valence electrons. The molecule has 0 radical (unpaired) electrons. The summed E-state index contributed by atoms with van der Waals surface area (Å²) in [6.45, 7) is 13.4. The smallest absolute Gasteiger partial charge is 0.246 e. The minimum Gasteiger partial charge on any atom is -0.345 e. The number of nitrogens with zero attached hydrogens (tertiary/aromatic N) is 2. The van der Waals surface area contributed by atoms with E-state index in [1.807, 2.05) is 27.7 Å². The predicted molar refractivity (Wildman–Crippen MR) is 336 cm³/mol. The molecule has 5 rings (SSSR count). The summed E-state index contributed by atoms with van der Waals surface area (Å²) in [6.07, 6.45) is 2.10. The third kappa shape index (κ3) is 22.2. The predicted octanol–water partition coefficient (Wildman–Crippen LogP) is -0.540. The topological polar surface area (TPSA) is 384 Å².